The summed E-state index contributed by atoms with van der Waals surface area (Å²) in [4.78, 5) is 13.1. The number of rotatable bonds is 5. The van der Waals surface area contributed by atoms with E-state index in [1.54, 1.807) is 22.2 Å². The normalized spacial score (nSPS) is 18.5. The first-order valence-electron chi connectivity index (χ1n) is 8.74. The van der Waals surface area contributed by atoms with Crippen molar-refractivity contribution in [3.05, 3.63) is 59.6 Å². The summed E-state index contributed by atoms with van der Waals surface area (Å²) in [5.74, 6) is -0.960. The van der Waals surface area contributed by atoms with E-state index in [0.717, 1.165) is 21.8 Å². The van der Waals surface area contributed by atoms with Gasteiger partial charge in [0.05, 0.1) is 34.2 Å². The minimum absolute atomic E-state index is 0.0567. The zero-order valence-corrected chi connectivity index (χ0v) is 16.5. The number of hydrogen-bond donors (Lipinski definition) is 1. The molecule has 1 atom stereocenters. The van der Waals surface area contributed by atoms with Gasteiger partial charge in [0.15, 0.2) is 9.84 Å². The molecule has 0 bridgehead atoms. The number of aromatic nitrogens is 2. The topological polar surface area (TPSA) is 93.4 Å². The van der Waals surface area contributed by atoms with Crippen molar-refractivity contribution in [1.29, 1.82) is 0 Å². The lowest BCUT2D eigenvalue weighted by Crippen LogP contribution is -2.27. The van der Waals surface area contributed by atoms with Crippen molar-refractivity contribution in [2.45, 2.75) is 6.42 Å². The van der Waals surface area contributed by atoms with Crippen LogP contribution in [0.25, 0.3) is 16.3 Å². The van der Waals surface area contributed by atoms with Gasteiger partial charge in [0.2, 0.25) is 5.91 Å². The van der Waals surface area contributed by atoms with E-state index in [-0.39, 0.29) is 17.4 Å². The SMILES string of the molecule is O=C(N/N=C\c1cn(-c2ccccc2)nc1-c1cccs1)[C@@H]1CCS(=O)(=O)C1. The maximum absolute atomic E-state index is 12.2. The molecule has 3 aromatic rings. The summed E-state index contributed by atoms with van der Waals surface area (Å²) >= 11 is 1.57. The highest BCUT2D eigenvalue weighted by atomic mass is 32.2. The minimum Gasteiger partial charge on any atom is -0.273 e. The van der Waals surface area contributed by atoms with Crippen LogP contribution in [0.5, 0.6) is 0 Å². The Morgan fingerprint density at radius 2 is 2.07 bits per heavy atom. The molecule has 28 heavy (non-hydrogen) atoms. The second kappa shape index (κ2) is 7.69. The van der Waals surface area contributed by atoms with Crippen LogP contribution < -0.4 is 5.43 Å². The Bertz CT molecular complexity index is 1100. The van der Waals surface area contributed by atoms with Gasteiger partial charge >= 0.3 is 0 Å². The molecule has 1 aliphatic heterocycles. The third kappa shape index (κ3) is 4.05. The van der Waals surface area contributed by atoms with Crippen molar-refractivity contribution in [3.8, 4) is 16.3 Å². The van der Waals surface area contributed by atoms with Crippen molar-refractivity contribution in [3.63, 3.8) is 0 Å². The van der Waals surface area contributed by atoms with Gasteiger partial charge < -0.3 is 0 Å². The molecule has 0 unspecified atom stereocenters. The first kappa shape index (κ1) is 18.6. The summed E-state index contributed by atoms with van der Waals surface area (Å²) in [6.45, 7) is 0. The number of amides is 1. The number of hydrazone groups is 1. The Morgan fingerprint density at radius 3 is 2.75 bits per heavy atom. The molecule has 1 saturated heterocycles. The van der Waals surface area contributed by atoms with E-state index in [0.29, 0.717) is 6.42 Å². The molecule has 1 aromatic carbocycles. The summed E-state index contributed by atoms with van der Waals surface area (Å²) < 4.78 is 24.8. The van der Waals surface area contributed by atoms with Crippen LogP contribution in [0.15, 0.2) is 59.1 Å². The summed E-state index contributed by atoms with van der Waals surface area (Å²) in [6.07, 6.45) is 3.74. The average Bonchev–Trinajstić information content (AvgIpc) is 3.41. The van der Waals surface area contributed by atoms with Crippen LogP contribution >= 0.6 is 11.3 Å². The maximum Gasteiger partial charge on any atom is 0.244 e. The number of para-hydroxylation sites is 1. The Morgan fingerprint density at radius 1 is 1.25 bits per heavy atom. The molecule has 0 radical (unpaired) electrons. The number of carbonyl (C=O) groups is 1. The van der Waals surface area contributed by atoms with Crippen LogP contribution in [0.1, 0.15) is 12.0 Å². The van der Waals surface area contributed by atoms with E-state index in [1.807, 2.05) is 54.0 Å². The highest BCUT2D eigenvalue weighted by molar-refractivity contribution is 7.91. The lowest BCUT2D eigenvalue weighted by Gasteiger charge is -2.04. The largest absolute Gasteiger partial charge is 0.273 e. The zero-order chi connectivity index (χ0) is 19.6. The van der Waals surface area contributed by atoms with Gasteiger partial charge in [0.25, 0.3) is 0 Å². The molecule has 1 aliphatic rings. The predicted molar refractivity (Wildman–Crippen MR) is 109 cm³/mol. The highest BCUT2D eigenvalue weighted by Crippen LogP contribution is 2.27. The monoisotopic (exact) mass is 414 g/mol. The van der Waals surface area contributed by atoms with Crippen molar-refractivity contribution < 1.29 is 13.2 Å². The molecule has 3 heterocycles. The fourth-order valence-corrected chi connectivity index (χ4v) is 5.53. The van der Waals surface area contributed by atoms with Gasteiger partial charge in [0.1, 0.15) is 5.69 Å². The second-order valence-electron chi connectivity index (χ2n) is 6.52. The third-order valence-corrected chi connectivity index (χ3v) is 7.14. The number of thiophene rings is 1. The van der Waals surface area contributed by atoms with Crippen LogP contribution in [0.2, 0.25) is 0 Å². The van der Waals surface area contributed by atoms with Gasteiger partial charge in [-0.05, 0) is 30.0 Å². The maximum atomic E-state index is 12.2. The molecular formula is C19H18N4O3S2. The van der Waals surface area contributed by atoms with E-state index in [1.165, 1.54) is 0 Å². The highest BCUT2D eigenvalue weighted by Gasteiger charge is 2.32. The van der Waals surface area contributed by atoms with Gasteiger partial charge in [-0.15, -0.1) is 11.3 Å². The fourth-order valence-electron chi connectivity index (χ4n) is 3.06. The van der Waals surface area contributed by atoms with E-state index in [4.69, 9.17) is 0 Å². The van der Waals surface area contributed by atoms with Crippen LogP contribution in [0, 0.1) is 5.92 Å². The van der Waals surface area contributed by atoms with E-state index in [9.17, 15) is 13.2 Å². The lowest BCUT2D eigenvalue weighted by atomic mass is 10.1. The predicted octanol–water partition coefficient (Wildman–Crippen LogP) is 2.49. The van der Waals surface area contributed by atoms with Gasteiger partial charge in [0, 0.05) is 11.8 Å². The van der Waals surface area contributed by atoms with Gasteiger partial charge in [-0.1, -0.05) is 24.3 Å². The third-order valence-electron chi connectivity index (χ3n) is 4.50. The fraction of sp³-hybridized carbons (Fsp3) is 0.211. The Hall–Kier alpha value is -2.78. The molecule has 4 rings (SSSR count). The van der Waals surface area contributed by atoms with Gasteiger partial charge in [-0.25, -0.2) is 18.5 Å². The number of nitrogens with one attached hydrogen (secondary N) is 1. The second-order valence-corrected chi connectivity index (χ2v) is 9.70. The summed E-state index contributed by atoms with van der Waals surface area (Å²) in [6, 6.07) is 13.6. The molecule has 0 aliphatic carbocycles. The summed E-state index contributed by atoms with van der Waals surface area (Å²) in [7, 11) is -3.11. The molecule has 0 saturated carbocycles. The quantitative estimate of drug-likeness (QED) is 0.513. The van der Waals surface area contributed by atoms with Crippen LogP contribution in [0.4, 0.5) is 0 Å². The molecule has 9 heteroatoms. The summed E-state index contributed by atoms with van der Waals surface area (Å²) in [5.41, 5.74) is 4.90. The lowest BCUT2D eigenvalue weighted by molar-refractivity contribution is -0.124. The van der Waals surface area contributed by atoms with Crippen LogP contribution in [-0.2, 0) is 14.6 Å². The molecule has 2 aromatic heterocycles. The molecule has 0 spiro atoms. The summed E-state index contributed by atoms with van der Waals surface area (Å²) in [5, 5.41) is 10.7. The first-order chi connectivity index (χ1) is 13.5. The molecule has 1 N–H and O–H groups in total. The number of carbonyl (C=O) groups excluding carboxylic acids is 1. The minimum atomic E-state index is -3.11. The molecule has 1 amide bonds. The van der Waals surface area contributed by atoms with Crippen molar-refractivity contribution >= 4 is 33.3 Å². The van der Waals surface area contributed by atoms with Crippen LogP contribution in [-0.4, -0.2) is 41.8 Å². The Balaban J connectivity index is 1.56. The molecular weight excluding hydrogens is 396 g/mol. The Kier molecular flexibility index (Phi) is 5.10. The van der Waals surface area contributed by atoms with Gasteiger partial charge in [-0.3, -0.25) is 4.79 Å². The Labute approximate surface area is 166 Å². The number of hydrogen-bond acceptors (Lipinski definition) is 6. The first-order valence-corrected chi connectivity index (χ1v) is 11.4. The molecule has 7 nitrogen and oxygen atoms in total. The standard InChI is InChI=1S/C19H18N4O3S2/c24-19(14-8-10-28(25,26)13-14)21-20-11-15-12-23(16-5-2-1-3-6-16)22-18(15)17-7-4-9-27-17/h1-7,9,11-12,14H,8,10,13H2,(H,21,24)/b20-11-/t14-/m1/s1. The zero-order valence-electron chi connectivity index (χ0n) is 14.9. The molecule has 1 fully saturated rings. The average molecular weight is 415 g/mol. The van der Waals surface area contributed by atoms with Crippen molar-refractivity contribution in [2.75, 3.05) is 11.5 Å². The number of benzene rings is 1. The van der Waals surface area contributed by atoms with E-state index < -0.39 is 15.8 Å². The van der Waals surface area contributed by atoms with Crippen molar-refractivity contribution in [1.82, 2.24) is 15.2 Å². The number of sulfone groups is 1. The smallest absolute Gasteiger partial charge is 0.244 e. The van der Waals surface area contributed by atoms with E-state index in [2.05, 4.69) is 15.6 Å². The van der Waals surface area contributed by atoms with Crippen molar-refractivity contribution in [2.24, 2.45) is 11.0 Å². The van der Waals surface area contributed by atoms with Crippen LogP contribution in [0.3, 0.4) is 0 Å². The molecule has 144 valence electrons. The number of nitrogens with zero attached hydrogens (tertiary/aromatic N) is 3. The van der Waals surface area contributed by atoms with E-state index >= 15 is 0 Å². The van der Waals surface area contributed by atoms with Gasteiger partial charge in [-0.2, -0.15) is 10.2 Å².